The summed E-state index contributed by atoms with van der Waals surface area (Å²) in [5.41, 5.74) is 0.269. The van der Waals surface area contributed by atoms with Gasteiger partial charge in [0, 0.05) is 36.6 Å². The summed E-state index contributed by atoms with van der Waals surface area (Å²) in [6, 6.07) is 9.65. The van der Waals surface area contributed by atoms with Crippen LogP contribution >= 0.6 is 11.6 Å². The minimum atomic E-state index is -4.50. The van der Waals surface area contributed by atoms with Gasteiger partial charge in [-0.1, -0.05) is 11.6 Å². The van der Waals surface area contributed by atoms with Gasteiger partial charge in [-0.2, -0.15) is 13.2 Å². The topological polar surface area (TPSA) is 61.4 Å². The Morgan fingerprint density at radius 1 is 1.03 bits per heavy atom. The summed E-state index contributed by atoms with van der Waals surface area (Å²) in [4.78, 5) is 26.3. The molecule has 0 spiro atoms. The Balaban J connectivity index is 1.63. The van der Waals surface area contributed by atoms with E-state index in [2.05, 4.69) is 10.6 Å². The van der Waals surface area contributed by atoms with E-state index in [1.807, 2.05) is 4.90 Å². The molecule has 3 rings (SSSR count). The Morgan fingerprint density at radius 3 is 2.33 bits per heavy atom. The standard InChI is InChI=1S/C21H21ClF3N3O2/c22-16-6-3-14(4-7-16)20(30)26-10-9-19(29)27-17-13-15(21(23,24)25)5-8-18(17)28-11-1-2-12-28/h3-8,13H,1-2,9-12H2,(H,26,30)(H,27,29). The maximum Gasteiger partial charge on any atom is 0.416 e. The highest BCUT2D eigenvalue weighted by Crippen LogP contribution is 2.36. The summed E-state index contributed by atoms with van der Waals surface area (Å²) in [6.45, 7) is 1.50. The summed E-state index contributed by atoms with van der Waals surface area (Å²) in [6.07, 6.45) is -2.68. The Bertz CT molecular complexity index is 911. The van der Waals surface area contributed by atoms with Gasteiger partial charge >= 0.3 is 6.18 Å². The lowest BCUT2D eigenvalue weighted by molar-refractivity contribution is -0.137. The van der Waals surface area contributed by atoms with Crippen molar-refractivity contribution in [3.8, 4) is 0 Å². The van der Waals surface area contributed by atoms with Crippen molar-refractivity contribution in [2.24, 2.45) is 0 Å². The van der Waals surface area contributed by atoms with Gasteiger partial charge in [0.05, 0.1) is 16.9 Å². The molecule has 1 aliphatic rings. The van der Waals surface area contributed by atoms with Crippen LogP contribution in [0.3, 0.4) is 0 Å². The van der Waals surface area contributed by atoms with Gasteiger partial charge in [0.15, 0.2) is 0 Å². The predicted molar refractivity (Wildman–Crippen MR) is 110 cm³/mol. The molecule has 5 nitrogen and oxygen atoms in total. The van der Waals surface area contributed by atoms with E-state index in [-0.39, 0.29) is 24.6 Å². The van der Waals surface area contributed by atoms with E-state index >= 15 is 0 Å². The second-order valence-electron chi connectivity index (χ2n) is 6.98. The summed E-state index contributed by atoms with van der Waals surface area (Å²) >= 11 is 5.78. The van der Waals surface area contributed by atoms with Crippen LogP contribution in [0.1, 0.15) is 35.2 Å². The molecule has 0 atom stereocenters. The lowest BCUT2D eigenvalue weighted by Crippen LogP contribution is -2.28. The molecule has 2 N–H and O–H groups in total. The van der Waals surface area contributed by atoms with Gasteiger partial charge in [-0.3, -0.25) is 9.59 Å². The maximum atomic E-state index is 13.1. The van der Waals surface area contributed by atoms with Gasteiger partial charge in [-0.05, 0) is 55.3 Å². The van der Waals surface area contributed by atoms with Crippen LogP contribution in [0.25, 0.3) is 0 Å². The minimum Gasteiger partial charge on any atom is -0.370 e. The molecule has 2 aromatic rings. The van der Waals surface area contributed by atoms with Crippen molar-refractivity contribution in [3.05, 3.63) is 58.6 Å². The van der Waals surface area contributed by atoms with E-state index in [1.165, 1.54) is 6.07 Å². The van der Waals surface area contributed by atoms with E-state index in [0.717, 1.165) is 38.1 Å². The third kappa shape index (κ3) is 5.66. The number of alkyl halides is 3. The quantitative estimate of drug-likeness (QED) is 0.684. The lowest BCUT2D eigenvalue weighted by Gasteiger charge is -2.23. The van der Waals surface area contributed by atoms with Gasteiger partial charge in [-0.25, -0.2) is 0 Å². The van der Waals surface area contributed by atoms with Crippen LogP contribution in [0.4, 0.5) is 24.5 Å². The number of nitrogens with one attached hydrogen (secondary N) is 2. The molecular weight excluding hydrogens is 419 g/mol. The Hall–Kier alpha value is -2.74. The summed E-state index contributed by atoms with van der Waals surface area (Å²) < 4.78 is 39.3. The second-order valence-corrected chi connectivity index (χ2v) is 7.42. The van der Waals surface area contributed by atoms with Crippen LogP contribution in [0, 0.1) is 0 Å². The van der Waals surface area contributed by atoms with E-state index in [1.54, 1.807) is 24.3 Å². The molecule has 30 heavy (non-hydrogen) atoms. The molecule has 2 amide bonds. The highest BCUT2D eigenvalue weighted by molar-refractivity contribution is 6.30. The average Bonchev–Trinajstić information content (AvgIpc) is 3.22. The number of anilines is 2. The summed E-state index contributed by atoms with van der Waals surface area (Å²) in [5.74, 6) is -0.845. The first-order chi connectivity index (χ1) is 14.2. The van der Waals surface area contributed by atoms with Crippen molar-refractivity contribution in [2.45, 2.75) is 25.4 Å². The number of carbonyl (C=O) groups excluding carboxylic acids is 2. The molecule has 0 aliphatic carbocycles. The van der Waals surface area contributed by atoms with Gasteiger partial charge in [0.2, 0.25) is 5.91 Å². The first-order valence-electron chi connectivity index (χ1n) is 9.54. The van der Waals surface area contributed by atoms with Gasteiger partial charge in [0.25, 0.3) is 5.91 Å². The minimum absolute atomic E-state index is 0.0469. The molecule has 1 fully saturated rings. The number of rotatable bonds is 6. The number of benzene rings is 2. The second kappa shape index (κ2) is 9.38. The fourth-order valence-electron chi connectivity index (χ4n) is 3.25. The van der Waals surface area contributed by atoms with Gasteiger partial charge in [0.1, 0.15) is 0 Å². The number of hydrogen-bond donors (Lipinski definition) is 2. The van der Waals surface area contributed by atoms with E-state index in [4.69, 9.17) is 11.6 Å². The maximum absolute atomic E-state index is 13.1. The highest BCUT2D eigenvalue weighted by atomic mass is 35.5. The molecule has 0 saturated carbocycles. The van der Waals surface area contributed by atoms with E-state index in [9.17, 15) is 22.8 Å². The Morgan fingerprint density at radius 2 is 1.70 bits per heavy atom. The Labute approximate surface area is 177 Å². The fourth-order valence-corrected chi connectivity index (χ4v) is 3.38. The van der Waals surface area contributed by atoms with Crippen LogP contribution in [-0.4, -0.2) is 31.4 Å². The fraction of sp³-hybridized carbons (Fsp3) is 0.333. The van der Waals surface area contributed by atoms with Gasteiger partial charge < -0.3 is 15.5 Å². The van der Waals surface area contributed by atoms with Gasteiger partial charge in [-0.15, -0.1) is 0 Å². The van der Waals surface area contributed by atoms with Crippen molar-refractivity contribution >= 4 is 34.8 Å². The van der Waals surface area contributed by atoms with Crippen molar-refractivity contribution in [1.29, 1.82) is 0 Å². The number of halogens is 4. The number of carbonyl (C=O) groups is 2. The first-order valence-corrected chi connectivity index (χ1v) is 9.91. The lowest BCUT2D eigenvalue weighted by atomic mass is 10.1. The third-order valence-electron chi connectivity index (χ3n) is 4.79. The molecule has 2 aromatic carbocycles. The molecule has 1 heterocycles. The zero-order valence-corrected chi connectivity index (χ0v) is 16.8. The Kier molecular flexibility index (Phi) is 6.87. The number of nitrogens with zero attached hydrogens (tertiary/aromatic N) is 1. The zero-order valence-electron chi connectivity index (χ0n) is 16.1. The molecule has 1 saturated heterocycles. The van der Waals surface area contributed by atoms with Crippen LogP contribution in [0.15, 0.2) is 42.5 Å². The van der Waals surface area contributed by atoms with Crippen molar-refractivity contribution in [1.82, 2.24) is 5.32 Å². The molecule has 1 aliphatic heterocycles. The normalized spacial score (nSPS) is 13.9. The summed E-state index contributed by atoms with van der Waals surface area (Å²) in [7, 11) is 0. The third-order valence-corrected chi connectivity index (χ3v) is 5.04. The largest absolute Gasteiger partial charge is 0.416 e. The van der Waals surface area contributed by atoms with E-state index in [0.29, 0.717) is 16.3 Å². The molecule has 0 bridgehead atoms. The smallest absolute Gasteiger partial charge is 0.370 e. The molecule has 0 radical (unpaired) electrons. The zero-order chi connectivity index (χ0) is 21.7. The van der Waals surface area contributed by atoms with Crippen molar-refractivity contribution in [2.75, 3.05) is 29.9 Å². The number of hydrogen-bond acceptors (Lipinski definition) is 3. The first kappa shape index (κ1) is 22.0. The molecule has 160 valence electrons. The van der Waals surface area contributed by atoms with E-state index < -0.39 is 17.6 Å². The monoisotopic (exact) mass is 439 g/mol. The van der Waals surface area contributed by atoms with Crippen LogP contribution < -0.4 is 15.5 Å². The molecule has 9 heteroatoms. The van der Waals surface area contributed by atoms with Crippen molar-refractivity contribution < 1.29 is 22.8 Å². The average molecular weight is 440 g/mol. The van der Waals surface area contributed by atoms with Crippen molar-refractivity contribution in [3.63, 3.8) is 0 Å². The number of amides is 2. The van der Waals surface area contributed by atoms with Crippen LogP contribution in [0.5, 0.6) is 0 Å². The molecule has 0 aromatic heterocycles. The SMILES string of the molecule is O=C(CCNC(=O)c1ccc(Cl)cc1)Nc1cc(C(F)(F)F)ccc1N1CCCC1. The highest BCUT2D eigenvalue weighted by Gasteiger charge is 2.32. The molecular formula is C21H21ClF3N3O2. The predicted octanol–water partition coefficient (Wildman–Crippen LogP) is 4.72. The molecule has 0 unspecified atom stereocenters. The van der Waals surface area contributed by atoms with Crippen LogP contribution in [-0.2, 0) is 11.0 Å². The summed E-state index contributed by atoms with van der Waals surface area (Å²) in [5, 5.41) is 5.68. The van der Waals surface area contributed by atoms with Crippen LogP contribution in [0.2, 0.25) is 5.02 Å².